The number of amides is 1. The van der Waals surface area contributed by atoms with Crippen LogP contribution < -0.4 is 10.6 Å². The van der Waals surface area contributed by atoms with Crippen LogP contribution in [0.2, 0.25) is 0 Å². The van der Waals surface area contributed by atoms with Crippen molar-refractivity contribution in [3.05, 3.63) is 0 Å². The summed E-state index contributed by atoms with van der Waals surface area (Å²) in [6.07, 6.45) is -1.31. The van der Waals surface area contributed by atoms with Crippen molar-refractivity contribution >= 4 is 5.91 Å². The average Bonchev–Trinajstić information content (AvgIpc) is 2.28. The predicted molar refractivity (Wildman–Crippen MR) is 60.1 cm³/mol. The van der Waals surface area contributed by atoms with Gasteiger partial charge in [0.05, 0.1) is 6.54 Å². The Kier molecular flexibility index (Phi) is 4.11. The molecule has 2 heterocycles. The summed E-state index contributed by atoms with van der Waals surface area (Å²) in [6, 6.07) is -1.49. The van der Waals surface area contributed by atoms with Crippen LogP contribution in [0.25, 0.3) is 0 Å². The van der Waals surface area contributed by atoms with Crippen molar-refractivity contribution in [2.75, 3.05) is 26.2 Å². The Balaban J connectivity index is 1.98. The van der Waals surface area contributed by atoms with Crippen LogP contribution in [0.5, 0.6) is 0 Å². The van der Waals surface area contributed by atoms with E-state index >= 15 is 0 Å². The summed E-state index contributed by atoms with van der Waals surface area (Å²) in [5.74, 6) is -0.327. The molecule has 104 valence electrons. The molecule has 2 rings (SSSR count). The molecule has 2 fully saturated rings. The second-order valence-corrected chi connectivity index (χ2v) is 4.94. The van der Waals surface area contributed by atoms with E-state index < -0.39 is 12.2 Å². The average molecular weight is 265 g/mol. The van der Waals surface area contributed by atoms with Crippen molar-refractivity contribution in [3.63, 3.8) is 0 Å². The number of nitrogens with zero attached hydrogens (tertiary/aromatic N) is 1. The van der Waals surface area contributed by atoms with Gasteiger partial charge in [0.2, 0.25) is 5.91 Å². The van der Waals surface area contributed by atoms with Gasteiger partial charge in [-0.3, -0.25) is 9.69 Å². The number of alkyl halides is 3. The minimum Gasteiger partial charge on any atom is -0.353 e. The first kappa shape index (κ1) is 13.6. The van der Waals surface area contributed by atoms with Crippen LogP contribution in [-0.2, 0) is 4.79 Å². The predicted octanol–water partition coefficient (Wildman–Crippen LogP) is 0.491. The topological polar surface area (TPSA) is 44.4 Å². The number of nitrogens with one attached hydrogen (secondary N) is 2. The van der Waals surface area contributed by atoms with E-state index in [4.69, 9.17) is 0 Å². The molecule has 1 amide bonds. The molecule has 0 aromatic carbocycles. The molecule has 0 aliphatic carbocycles. The van der Waals surface area contributed by atoms with Crippen molar-refractivity contribution in [1.29, 1.82) is 0 Å². The number of carbonyl (C=O) groups excluding carboxylic acids is 1. The maximum absolute atomic E-state index is 12.9. The monoisotopic (exact) mass is 265 g/mol. The maximum Gasteiger partial charge on any atom is 0.405 e. The maximum atomic E-state index is 12.9. The van der Waals surface area contributed by atoms with E-state index in [0.29, 0.717) is 0 Å². The van der Waals surface area contributed by atoms with Crippen LogP contribution >= 0.6 is 0 Å². The summed E-state index contributed by atoms with van der Waals surface area (Å²) in [5.41, 5.74) is 0. The van der Waals surface area contributed by atoms with Gasteiger partial charge < -0.3 is 10.6 Å². The lowest BCUT2D eigenvalue weighted by molar-refractivity contribution is -0.189. The number of rotatable bonds is 2. The van der Waals surface area contributed by atoms with Crippen molar-refractivity contribution in [2.24, 2.45) is 0 Å². The zero-order valence-corrected chi connectivity index (χ0v) is 10.1. The van der Waals surface area contributed by atoms with Gasteiger partial charge >= 0.3 is 6.18 Å². The van der Waals surface area contributed by atoms with Gasteiger partial charge in [-0.25, -0.2) is 0 Å². The molecule has 2 saturated heterocycles. The lowest BCUT2D eigenvalue weighted by atomic mass is 10.0. The highest BCUT2D eigenvalue weighted by Gasteiger charge is 2.46. The van der Waals surface area contributed by atoms with Crippen molar-refractivity contribution in [1.82, 2.24) is 15.5 Å². The smallest absolute Gasteiger partial charge is 0.353 e. The van der Waals surface area contributed by atoms with Crippen LogP contribution in [-0.4, -0.2) is 55.2 Å². The molecule has 0 radical (unpaired) electrons. The number of hydrogen-bond acceptors (Lipinski definition) is 3. The Morgan fingerprint density at radius 3 is 2.72 bits per heavy atom. The van der Waals surface area contributed by atoms with Gasteiger partial charge in [0.25, 0.3) is 0 Å². The largest absolute Gasteiger partial charge is 0.405 e. The Morgan fingerprint density at radius 1 is 1.33 bits per heavy atom. The number of carbonyl (C=O) groups is 1. The molecule has 18 heavy (non-hydrogen) atoms. The molecular weight excluding hydrogens is 247 g/mol. The SMILES string of the molecule is O=C1CN(CC2CCCCN2)C(C(F)(F)F)CN1. The molecule has 2 N–H and O–H groups in total. The Labute approximate surface area is 104 Å². The molecule has 0 aromatic heterocycles. The van der Waals surface area contributed by atoms with Gasteiger partial charge in [-0.05, 0) is 19.4 Å². The third kappa shape index (κ3) is 3.35. The summed E-state index contributed by atoms with van der Waals surface area (Å²) in [6.45, 7) is 0.635. The van der Waals surface area contributed by atoms with Crippen molar-refractivity contribution in [2.45, 2.75) is 37.5 Å². The lowest BCUT2D eigenvalue weighted by Gasteiger charge is -2.39. The van der Waals surface area contributed by atoms with Crippen molar-refractivity contribution in [3.8, 4) is 0 Å². The fraction of sp³-hybridized carbons (Fsp3) is 0.909. The molecule has 0 spiro atoms. The molecule has 4 nitrogen and oxygen atoms in total. The highest BCUT2D eigenvalue weighted by molar-refractivity contribution is 5.78. The van der Waals surface area contributed by atoms with Crippen LogP contribution in [0.4, 0.5) is 13.2 Å². The normalized spacial score (nSPS) is 31.2. The summed E-state index contributed by atoms with van der Waals surface area (Å²) < 4.78 is 38.6. The van der Waals surface area contributed by atoms with E-state index in [2.05, 4.69) is 10.6 Å². The molecule has 2 aliphatic rings. The summed E-state index contributed by atoms with van der Waals surface area (Å²) in [4.78, 5) is 12.5. The Morgan fingerprint density at radius 2 is 2.11 bits per heavy atom. The van der Waals surface area contributed by atoms with E-state index in [9.17, 15) is 18.0 Å². The van der Waals surface area contributed by atoms with E-state index in [-0.39, 0.29) is 31.6 Å². The zero-order chi connectivity index (χ0) is 13.2. The molecule has 2 aliphatic heterocycles. The van der Waals surface area contributed by atoms with Gasteiger partial charge in [-0.1, -0.05) is 6.42 Å². The van der Waals surface area contributed by atoms with E-state index in [0.717, 1.165) is 25.8 Å². The quantitative estimate of drug-likeness (QED) is 0.764. The van der Waals surface area contributed by atoms with Crippen LogP contribution in [0, 0.1) is 0 Å². The first-order valence-corrected chi connectivity index (χ1v) is 6.27. The molecule has 2 atom stereocenters. The molecule has 2 unspecified atom stereocenters. The molecule has 0 aromatic rings. The number of piperazine rings is 1. The van der Waals surface area contributed by atoms with E-state index in [1.165, 1.54) is 4.90 Å². The molecule has 0 saturated carbocycles. The first-order valence-electron chi connectivity index (χ1n) is 6.27. The van der Waals surface area contributed by atoms with Crippen molar-refractivity contribution < 1.29 is 18.0 Å². The summed E-state index contributed by atoms with van der Waals surface area (Å²) in [5, 5.41) is 5.50. The Bertz CT molecular complexity index is 302. The van der Waals surface area contributed by atoms with Gasteiger partial charge in [-0.2, -0.15) is 13.2 Å². The minimum absolute atomic E-state index is 0.0644. The van der Waals surface area contributed by atoms with Gasteiger partial charge in [0, 0.05) is 19.1 Å². The van der Waals surface area contributed by atoms with Gasteiger partial charge in [-0.15, -0.1) is 0 Å². The summed E-state index contributed by atoms with van der Waals surface area (Å²) in [7, 11) is 0. The van der Waals surface area contributed by atoms with Gasteiger partial charge in [0.15, 0.2) is 0 Å². The van der Waals surface area contributed by atoms with E-state index in [1.54, 1.807) is 0 Å². The third-order valence-electron chi connectivity index (χ3n) is 3.53. The molecular formula is C11H18F3N3O. The molecule has 0 bridgehead atoms. The van der Waals surface area contributed by atoms with Crippen LogP contribution in [0.3, 0.4) is 0 Å². The summed E-state index contributed by atoms with van der Waals surface area (Å²) >= 11 is 0. The number of halogens is 3. The van der Waals surface area contributed by atoms with Gasteiger partial charge in [0.1, 0.15) is 6.04 Å². The number of hydrogen-bond donors (Lipinski definition) is 2. The number of piperidine rings is 1. The van der Waals surface area contributed by atoms with E-state index in [1.807, 2.05) is 0 Å². The standard InChI is InChI=1S/C11H18F3N3O/c12-11(13,14)9-5-16-10(18)7-17(9)6-8-3-1-2-4-15-8/h8-9,15H,1-7H2,(H,16,18). The fourth-order valence-electron chi connectivity index (χ4n) is 2.57. The van der Waals surface area contributed by atoms with Crippen LogP contribution in [0.1, 0.15) is 19.3 Å². The molecule has 7 heteroatoms. The van der Waals surface area contributed by atoms with Crippen LogP contribution in [0.15, 0.2) is 0 Å². The Hall–Kier alpha value is -0.820. The highest BCUT2D eigenvalue weighted by Crippen LogP contribution is 2.26. The second kappa shape index (κ2) is 5.44. The third-order valence-corrected chi connectivity index (χ3v) is 3.53. The second-order valence-electron chi connectivity index (χ2n) is 4.94. The minimum atomic E-state index is -4.29. The fourth-order valence-corrected chi connectivity index (χ4v) is 2.57. The highest BCUT2D eigenvalue weighted by atomic mass is 19.4. The zero-order valence-electron chi connectivity index (χ0n) is 10.1. The first-order chi connectivity index (χ1) is 8.47. The lowest BCUT2D eigenvalue weighted by Crippen LogP contribution is -2.62.